The lowest BCUT2D eigenvalue weighted by Gasteiger charge is -2.23. The molecule has 0 bridgehead atoms. The normalized spacial score (nSPS) is 12.6. The Hall–Kier alpha value is -1.36. The Balaban J connectivity index is 2.97. The van der Waals surface area contributed by atoms with E-state index in [2.05, 4.69) is 15.9 Å². The summed E-state index contributed by atoms with van der Waals surface area (Å²) in [5.74, 6) is -0.574. The summed E-state index contributed by atoms with van der Waals surface area (Å²) in [5, 5.41) is 0.859. The summed E-state index contributed by atoms with van der Waals surface area (Å²) in [4.78, 5) is 23.1. The van der Waals surface area contributed by atoms with Crippen LogP contribution in [-0.4, -0.2) is 24.4 Å². The Labute approximate surface area is 140 Å². The standard InChI is InChI=1S/C17H23BrO4/c1-12(19)22-15(6-5-11-18)13-7-9-14(10-8-13)17(2,3)16(20)21-4/h7-10,15H,5-6,11H2,1-4H3. The van der Waals surface area contributed by atoms with Crippen molar-refractivity contribution in [1.82, 2.24) is 0 Å². The Morgan fingerprint density at radius 3 is 2.27 bits per heavy atom. The maximum absolute atomic E-state index is 11.8. The van der Waals surface area contributed by atoms with Gasteiger partial charge in [0, 0.05) is 12.3 Å². The summed E-state index contributed by atoms with van der Waals surface area (Å²) in [5.41, 5.74) is 1.09. The average molecular weight is 371 g/mol. The van der Waals surface area contributed by atoms with Crippen molar-refractivity contribution in [2.45, 2.75) is 45.1 Å². The first-order valence-corrected chi connectivity index (χ1v) is 8.37. The highest BCUT2D eigenvalue weighted by Gasteiger charge is 2.31. The van der Waals surface area contributed by atoms with Gasteiger partial charge in [0.2, 0.25) is 0 Å². The largest absolute Gasteiger partial charge is 0.468 e. The highest BCUT2D eigenvalue weighted by atomic mass is 79.9. The topological polar surface area (TPSA) is 52.6 Å². The van der Waals surface area contributed by atoms with Crippen LogP contribution in [0.5, 0.6) is 0 Å². The van der Waals surface area contributed by atoms with E-state index in [1.54, 1.807) is 0 Å². The number of carbonyl (C=O) groups is 2. The molecule has 0 saturated carbocycles. The number of benzene rings is 1. The second kappa shape index (κ2) is 8.32. The lowest BCUT2D eigenvalue weighted by molar-refractivity contribution is -0.147. The molecule has 0 N–H and O–H groups in total. The Kier molecular flexibility index (Phi) is 7.07. The Morgan fingerprint density at radius 1 is 1.23 bits per heavy atom. The lowest BCUT2D eigenvalue weighted by atomic mass is 9.84. The second-order valence-electron chi connectivity index (χ2n) is 5.67. The molecule has 5 heteroatoms. The van der Waals surface area contributed by atoms with E-state index in [1.807, 2.05) is 38.1 Å². The number of hydrogen-bond donors (Lipinski definition) is 0. The van der Waals surface area contributed by atoms with Crippen LogP contribution >= 0.6 is 15.9 Å². The molecule has 1 unspecified atom stereocenters. The van der Waals surface area contributed by atoms with Crippen LogP contribution in [0.2, 0.25) is 0 Å². The van der Waals surface area contributed by atoms with Gasteiger partial charge >= 0.3 is 11.9 Å². The van der Waals surface area contributed by atoms with E-state index in [1.165, 1.54) is 14.0 Å². The number of methoxy groups -OCH3 is 1. The molecule has 0 aliphatic heterocycles. The number of alkyl halides is 1. The van der Waals surface area contributed by atoms with Crippen molar-refractivity contribution in [3.63, 3.8) is 0 Å². The summed E-state index contributed by atoms with van der Waals surface area (Å²) in [6.07, 6.45) is 1.41. The molecule has 1 rings (SSSR count). The van der Waals surface area contributed by atoms with E-state index in [-0.39, 0.29) is 18.0 Å². The zero-order valence-electron chi connectivity index (χ0n) is 13.5. The molecular weight excluding hydrogens is 348 g/mol. The molecule has 0 saturated heterocycles. The van der Waals surface area contributed by atoms with Crippen molar-refractivity contribution >= 4 is 27.9 Å². The zero-order chi connectivity index (χ0) is 16.8. The van der Waals surface area contributed by atoms with Crippen LogP contribution in [-0.2, 0) is 24.5 Å². The molecule has 1 atom stereocenters. The molecular formula is C17H23BrO4. The fourth-order valence-electron chi connectivity index (χ4n) is 2.24. The predicted molar refractivity (Wildman–Crippen MR) is 89.0 cm³/mol. The minimum atomic E-state index is -0.708. The third kappa shape index (κ3) is 4.83. The number of ether oxygens (including phenoxy) is 2. The van der Waals surface area contributed by atoms with Gasteiger partial charge < -0.3 is 9.47 Å². The van der Waals surface area contributed by atoms with E-state index in [0.717, 1.165) is 29.3 Å². The minimum Gasteiger partial charge on any atom is -0.468 e. The lowest BCUT2D eigenvalue weighted by Crippen LogP contribution is -2.30. The van der Waals surface area contributed by atoms with E-state index in [9.17, 15) is 9.59 Å². The molecule has 4 nitrogen and oxygen atoms in total. The number of rotatable bonds is 7. The van der Waals surface area contributed by atoms with Gasteiger partial charge in [-0.2, -0.15) is 0 Å². The van der Waals surface area contributed by atoms with Gasteiger partial charge in [0.05, 0.1) is 12.5 Å². The van der Waals surface area contributed by atoms with Gasteiger partial charge in [-0.1, -0.05) is 40.2 Å². The van der Waals surface area contributed by atoms with Crippen LogP contribution in [0.15, 0.2) is 24.3 Å². The van der Waals surface area contributed by atoms with E-state index >= 15 is 0 Å². The first kappa shape index (κ1) is 18.7. The molecule has 0 radical (unpaired) electrons. The van der Waals surface area contributed by atoms with Crippen LogP contribution in [0.25, 0.3) is 0 Å². The summed E-state index contributed by atoms with van der Waals surface area (Å²) in [6.45, 7) is 5.06. The zero-order valence-corrected chi connectivity index (χ0v) is 15.1. The summed E-state index contributed by atoms with van der Waals surface area (Å²) in [7, 11) is 1.38. The molecule has 0 aromatic heterocycles. The van der Waals surface area contributed by atoms with Crippen LogP contribution in [0, 0.1) is 0 Å². The molecule has 22 heavy (non-hydrogen) atoms. The number of hydrogen-bond acceptors (Lipinski definition) is 4. The van der Waals surface area contributed by atoms with Gasteiger partial charge in [0.1, 0.15) is 6.10 Å². The SMILES string of the molecule is COC(=O)C(C)(C)c1ccc(C(CCCBr)OC(C)=O)cc1. The molecule has 0 aliphatic carbocycles. The smallest absolute Gasteiger partial charge is 0.315 e. The maximum Gasteiger partial charge on any atom is 0.315 e. The first-order chi connectivity index (χ1) is 10.3. The maximum atomic E-state index is 11.8. The fraction of sp³-hybridized carbons (Fsp3) is 0.529. The Morgan fingerprint density at radius 2 is 1.82 bits per heavy atom. The van der Waals surface area contributed by atoms with Crippen LogP contribution < -0.4 is 0 Å². The van der Waals surface area contributed by atoms with Gasteiger partial charge in [-0.05, 0) is 37.8 Å². The van der Waals surface area contributed by atoms with Crippen molar-refractivity contribution in [3.8, 4) is 0 Å². The van der Waals surface area contributed by atoms with Crippen LogP contribution in [0.3, 0.4) is 0 Å². The molecule has 0 aliphatic rings. The van der Waals surface area contributed by atoms with Gasteiger partial charge in [-0.15, -0.1) is 0 Å². The summed E-state index contributed by atoms with van der Waals surface area (Å²) >= 11 is 3.39. The third-order valence-electron chi connectivity index (χ3n) is 3.61. The number of esters is 2. The molecule has 0 fully saturated rings. The van der Waals surface area contributed by atoms with E-state index in [0.29, 0.717) is 0 Å². The van der Waals surface area contributed by atoms with Gasteiger partial charge in [-0.25, -0.2) is 0 Å². The Bertz CT molecular complexity index is 508. The van der Waals surface area contributed by atoms with E-state index in [4.69, 9.17) is 9.47 Å². The third-order valence-corrected chi connectivity index (χ3v) is 4.17. The molecule has 0 heterocycles. The van der Waals surface area contributed by atoms with Crippen LogP contribution in [0.1, 0.15) is 50.8 Å². The summed E-state index contributed by atoms with van der Waals surface area (Å²) < 4.78 is 10.2. The number of carbonyl (C=O) groups excluding carboxylic acids is 2. The molecule has 1 aromatic rings. The van der Waals surface area contributed by atoms with Crippen molar-refractivity contribution in [1.29, 1.82) is 0 Å². The molecule has 122 valence electrons. The fourth-order valence-corrected chi connectivity index (χ4v) is 2.57. The molecule has 0 spiro atoms. The van der Waals surface area contributed by atoms with Crippen molar-refractivity contribution < 1.29 is 19.1 Å². The van der Waals surface area contributed by atoms with Gasteiger partial charge in [0.15, 0.2) is 0 Å². The highest BCUT2D eigenvalue weighted by Crippen LogP contribution is 2.29. The quantitative estimate of drug-likeness (QED) is 0.539. The highest BCUT2D eigenvalue weighted by molar-refractivity contribution is 9.09. The van der Waals surface area contributed by atoms with Gasteiger partial charge in [0.25, 0.3) is 0 Å². The van der Waals surface area contributed by atoms with Crippen molar-refractivity contribution in [2.75, 3.05) is 12.4 Å². The summed E-state index contributed by atoms with van der Waals surface area (Å²) in [6, 6.07) is 7.58. The first-order valence-electron chi connectivity index (χ1n) is 7.25. The molecule has 1 aromatic carbocycles. The molecule has 0 amide bonds. The van der Waals surface area contributed by atoms with E-state index < -0.39 is 5.41 Å². The van der Waals surface area contributed by atoms with Crippen LogP contribution in [0.4, 0.5) is 0 Å². The van der Waals surface area contributed by atoms with Crippen molar-refractivity contribution in [3.05, 3.63) is 35.4 Å². The second-order valence-corrected chi connectivity index (χ2v) is 6.46. The average Bonchev–Trinajstić information content (AvgIpc) is 2.50. The van der Waals surface area contributed by atoms with Crippen molar-refractivity contribution in [2.24, 2.45) is 0 Å². The minimum absolute atomic E-state index is 0.259. The monoisotopic (exact) mass is 370 g/mol. The number of halogens is 1. The predicted octanol–water partition coefficient (Wildman–Crippen LogP) is 3.92. The van der Waals surface area contributed by atoms with Gasteiger partial charge in [-0.3, -0.25) is 9.59 Å².